The molecule has 1 aliphatic heterocycles. The van der Waals surface area contributed by atoms with Crippen molar-refractivity contribution < 1.29 is 19.1 Å². The molecule has 4 atom stereocenters. The fourth-order valence-corrected chi connectivity index (χ4v) is 4.98. The van der Waals surface area contributed by atoms with Gasteiger partial charge in [-0.1, -0.05) is 36.4 Å². The SMILES string of the molecule is COc1cccc(C=NN2C(=O)[C@@H]3[C@H](C2=O)[C@H]2C=C[C@H]3C2)c1OCc1ccccc1C#N. The van der Waals surface area contributed by atoms with E-state index in [1.165, 1.54) is 13.3 Å². The van der Waals surface area contributed by atoms with Crippen LogP contribution in [0, 0.1) is 35.0 Å². The molecule has 2 aliphatic carbocycles. The number of hydrazone groups is 1. The van der Waals surface area contributed by atoms with Gasteiger partial charge in [0, 0.05) is 11.1 Å². The van der Waals surface area contributed by atoms with Gasteiger partial charge >= 0.3 is 0 Å². The maximum Gasteiger partial charge on any atom is 0.254 e. The highest BCUT2D eigenvalue weighted by molar-refractivity contribution is 6.07. The van der Waals surface area contributed by atoms with Gasteiger partial charge in [0.2, 0.25) is 0 Å². The Morgan fingerprint density at radius 2 is 1.81 bits per heavy atom. The molecule has 1 heterocycles. The zero-order valence-corrected chi connectivity index (χ0v) is 17.5. The first-order valence-corrected chi connectivity index (χ1v) is 10.5. The molecule has 2 aromatic rings. The molecular formula is C25H21N3O4. The van der Waals surface area contributed by atoms with Crippen molar-refractivity contribution in [1.29, 1.82) is 5.26 Å². The van der Waals surface area contributed by atoms with Crippen molar-refractivity contribution in [2.24, 2.45) is 28.8 Å². The molecule has 0 unspecified atom stereocenters. The van der Waals surface area contributed by atoms with E-state index in [9.17, 15) is 14.9 Å². The van der Waals surface area contributed by atoms with Gasteiger partial charge in [0.05, 0.1) is 36.8 Å². The first-order valence-electron chi connectivity index (χ1n) is 10.5. The summed E-state index contributed by atoms with van der Waals surface area (Å²) in [5, 5.41) is 14.6. The Morgan fingerprint density at radius 1 is 1.09 bits per heavy atom. The van der Waals surface area contributed by atoms with E-state index in [-0.39, 0.29) is 42.1 Å². The molecule has 0 N–H and O–H groups in total. The number of imide groups is 1. The Kier molecular flexibility index (Phi) is 4.98. The lowest BCUT2D eigenvalue weighted by atomic mass is 9.85. The Labute approximate surface area is 185 Å². The van der Waals surface area contributed by atoms with E-state index < -0.39 is 0 Å². The number of nitriles is 1. The van der Waals surface area contributed by atoms with Crippen molar-refractivity contribution in [2.75, 3.05) is 7.11 Å². The molecule has 2 amide bonds. The van der Waals surface area contributed by atoms with E-state index in [0.29, 0.717) is 22.6 Å². The number of fused-ring (bicyclic) bond motifs is 5. The molecule has 1 saturated carbocycles. The number of nitrogens with zero attached hydrogens (tertiary/aromatic N) is 3. The summed E-state index contributed by atoms with van der Waals surface area (Å²) in [5.41, 5.74) is 1.84. The van der Waals surface area contributed by atoms with Gasteiger partial charge in [-0.15, -0.1) is 0 Å². The van der Waals surface area contributed by atoms with Crippen LogP contribution in [0.3, 0.4) is 0 Å². The van der Waals surface area contributed by atoms with E-state index in [2.05, 4.69) is 23.3 Å². The number of benzene rings is 2. The molecule has 32 heavy (non-hydrogen) atoms. The third kappa shape index (κ3) is 3.16. The van der Waals surface area contributed by atoms with Crippen LogP contribution in [-0.2, 0) is 16.2 Å². The van der Waals surface area contributed by atoms with Crippen molar-refractivity contribution in [3.05, 3.63) is 71.3 Å². The fraction of sp³-hybridized carbons (Fsp3) is 0.280. The van der Waals surface area contributed by atoms with Gasteiger partial charge in [0.25, 0.3) is 11.8 Å². The number of methoxy groups -OCH3 is 1. The molecular weight excluding hydrogens is 406 g/mol. The van der Waals surface area contributed by atoms with Crippen LogP contribution in [0.1, 0.15) is 23.1 Å². The van der Waals surface area contributed by atoms with Gasteiger partial charge < -0.3 is 9.47 Å². The lowest BCUT2D eigenvalue weighted by Crippen LogP contribution is -2.28. The number of ether oxygens (including phenoxy) is 2. The molecule has 5 rings (SSSR count). The van der Waals surface area contributed by atoms with Crippen molar-refractivity contribution >= 4 is 18.0 Å². The maximum absolute atomic E-state index is 12.9. The smallest absolute Gasteiger partial charge is 0.254 e. The molecule has 1 saturated heterocycles. The number of para-hydroxylation sites is 1. The molecule has 3 aliphatic rings. The van der Waals surface area contributed by atoms with Gasteiger partial charge in [-0.05, 0) is 36.5 Å². The minimum Gasteiger partial charge on any atom is -0.493 e. The van der Waals surface area contributed by atoms with Crippen molar-refractivity contribution in [3.63, 3.8) is 0 Å². The summed E-state index contributed by atoms with van der Waals surface area (Å²) in [6.45, 7) is 0.158. The van der Waals surface area contributed by atoms with Gasteiger partial charge in [-0.2, -0.15) is 15.4 Å². The number of carbonyl (C=O) groups is 2. The third-order valence-corrected chi connectivity index (χ3v) is 6.50. The fourth-order valence-electron chi connectivity index (χ4n) is 4.98. The number of hydrogen-bond donors (Lipinski definition) is 0. The quantitative estimate of drug-likeness (QED) is 0.401. The monoisotopic (exact) mass is 427 g/mol. The minimum atomic E-state index is -0.293. The van der Waals surface area contributed by atoms with E-state index in [4.69, 9.17) is 9.47 Å². The summed E-state index contributed by atoms with van der Waals surface area (Å²) in [6.07, 6.45) is 6.44. The molecule has 160 valence electrons. The normalized spacial score (nSPS) is 25.4. The van der Waals surface area contributed by atoms with Crippen LogP contribution >= 0.6 is 0 Å². The molecule has 7 nitrogen and oxygen atoms in total. The van der Waals surface area contributed by atoms with Crippen molar-refractivity contribution in [2.45, 2.75) is 13.0 Å². The molecule has 0 aromatic heterocycles. The zero-order chi connectivity index (χ0) is 22.2. The molecule has 2 bridgehead atoms. The highest BCUT2D eigenvalue weighted by Crippen LogP contribution is 2.52. The van der Waals surface area contributed by atoms with Gasteiger partial charge in [0.15, 0.2) is 11.5 Å². The average molecular weight is 427 g/mol. The molecule has 2 fully saturated rings. The Morgan fingerprint density at radius 3 is 2.50 bits per heavy atom. The van der Waals surface area contributed by atoms with E-state index in [1.54, 1.807) is 30.3 Å². The lowest BCUT2D eigenvalue weighted by Gasteiger charge is -2.15. The number of allylic oxidation sites excluding steroid dienone is 2. The Bertz CT molecular complexity index is 1170. The second kappa shape index (κ2) is 7.97. The summed E-state index contributed by atoms with van der Waals surface area (Å²) in [5.74, 6) is 0.128. The molecule has 0 spiro atoms. The summed E-state index contributed by atoms with van der Waals surface area (Å²) in [6, 6.07) is 14.6. The summed E-state index contributed by atoms with van der Waals surface area (Å²) >= 11 is 0. The lowest BCUT2D eigenvalue weighted by molar-refractivity contribution is -0.140. The van der Waals surface area contributed by atoms with Crippen LogP contribution in [0.5, 0.6) is 11.5 Å². The van der Waals surface area contributed by atoms with Crippen LogP contribution in [0.4, 0.5) is 0 Å². The van der Waals surface area contributed by atoms with Crippen LogP contribution < -0.4 is 9.47 Å². The predicted octanol–water partition coefficient (Wildman–Crippen LogP) is 3.29. The maximum atomic E-state index is 12.9. The second-order valence-corrected chi connectivity index (χ2v) is 8.17. The largest absolute Gasteiger partial charge is 0.493 e. The number of carbonyl (C=O) groups excluding carboxylic acids is 2. The van der Waals surface area contributed by atoms with Crippen molar-refractivity contribution in [3.8, 4) is 17.6 Å². The highest BCUT2D eigenvalue weighted by atomic mass is 16.5. The molecule has 2 aromatic carbocycles. The third-order valence-electron chi connectivity index (χ3n) is 6.50. The topological polar surface area (TPSA) is 92.0 Å². The summed E-state index contributed by atoms with van der Waals surface area (Å²) in [7, 11) is 1.53. The van der Waals surface area contributed by atoms with Crippen molar-refractivity contribution in [1.82, 2.24) is 5.01 Å². The van der Waals surface area contributed by atoms with Crippen LogP contribution in [0.2, 0.25) is 0 Å². The standard InChI is InChI=1S/C25H21N3O4/c1-31-20-8-4-7-18(23(20)32-14-19-6-3-2-5-17(19)12-26)13-27-28-24(29)21-15-9-10-16(11-15)22(21)25(28)30/h2-10,13,15-16,21-22H,11,14H2,1H3/t15-,16-,21-,22+/m0/s1. The highest BCUT2D eigenvalue weighted by Gasteiger charge is 2.59. The second-order valence-electron chi connectivity index (χ2n) is 8.17. The van der Waals surface area contributed by atoms with Crippen LogP contribution in [0.15, 0.2) is 59.7 Å². The Balaban J connectivity index is 1.40. The summed E-state index contributed by atoms with van der Waals surface area (Å²) in [4.78, 5) is 25.7. The van der Waals surface area contributed by atoms with E-state index in [0.717, 1.165) is 17.0 Å². The predicted molar refractivity (Wildman–Crippen MR) is 116 cm³/mol. The minimum absolute atomic E-state index is 0.137. The first-order chi connectivity index (χ1) is 15.6. The van der Waals surface area contributed by atoms with Gasteiger partial charge in [-0.25, -0.2) is 0 Å². The molecule has 0 radical (unpaired) electrons. The van der Waals surface area contributed by atoms with Crippen LogP contribution in [-0.4, -0.2) is 30.1 Å². The number of amides is 2. The van der Waals surface area contributed by atoms with E-state index >= 15 is 0 Å². The number of hydrogen-bond acceptors (Lipinski definition) is 6. The first kappa shape index (κ1) is 20.0. The van der Waals surface area contributed by atoms with Gasteiger partial charge in [-0.3, -0.25) is 9.59 Å². The number of rotatable bonds is 6. The molecule has 7 heteroatoms. The van der Waals surface area contributed by atoms with Gasteiger partial charge in [0.1, 0.15) is 6.61 Å². The summed E-state index contributed by atoms with van der Waals surface area (Å²) < 4.78 is 11.4. The zero-order valence-electron chi connectivity index (χ0n) is 17.5. The van der Waals surface area contributed by atoms with E-state index in [1.807, 2.05) is 12.1 Å². The average Bonchev–Trinajstić information content (AvgIpc) is 3.50. The van der Waals surface area contributed by atoms with Crippen LogP contribution in [0.25, 0.3) is 0 Å². The Hall–Kier alpha value is -3.92.